The highest BCUT2D eigenvalue weighted by Gasteiger charge is 2.20. The summed E-state index contributed by atoms with van der Waals surface area (Å²) >= 11 is 0.988. The summed E-state index contributed by atoms with van der Waals surface area (Å²) in [4.78, 5) is 47.5. The Morgan fingerprint density at radius 2 is 1.82 bits per heavy atom. The summed E-state index contributed by atoms with van der Waals surface area (Å²) in [5, 5.41) is 6.83. The number of aryl methyl sites for hydroxylation is 3. The number of ether oxygens (including phenoxy) is 1. The van der Waals surface area contributed by atoms with Crippen LogP contribution in [-0.4, -0.2) is 35.0 Å². The lowest BCUT2D eigenvalue weighted by atomic mass is 10.1. The Kier molecular flexibility index (Phi) is 7.11. The fourth-order valence-corrected chi connectivity index (χ4v) is 3.25. The third-order valence-electron chi connectivity index (χ3n) is 4.11. The Morgan fingerprint density at radius 3 is 2.39 bits per heavy atom. The van der Waals surface area contributed by atoms with E-state index in [0.717, 1.165) is 22.5 Å². The maximum absolute atomic E-state index is 12.1. The molecule has 2 N–H and O–H groups in total. The van der Waals surface area contributed by atoms with Crippen LogP contribution < -0.4 is 15.5 Å². The number of anilines is 1. The Morgan fingerprint density at radius 1 is 1.18 bits per heavy atom. The predicted octanol–water partition coefficient (Wildman–Crippen LogP) is 1.52. The molecule has 0 fully saturated rings. The van der Waals surface area contributed by atoms with Gasteiger partial charge in [0.05, 0.1) is 6.54 Å². The lowest BCUT2D eigenvalue weighted by molar-refractivity contribution is -0.155. The van der Waals surface area contributed by atoms with Gasteiger partial charge in [-0.25, -0.2) is 0 Å². The molecule has 0 saturated heterocycles. The maximum atomic E-state index is 12.1. The minimum absolute atomic E-state index is 0.252. The monoisotopic (exact) mass is 405 g/mol. The van der Waals surface area contributed by atoms with Crippen LogP contribution in [0.1, 0.15) is 23.7 Å². The Bertz CT molecular complexity index is 927. The first-order chi connectivity index (χ1) is 13.2. The van der Waals surface area contributed by atoms with Crippen LogP contribution in [0.5, 0.6) is 0 Å². The maximum Gasteiger partial charge on any atom is 0.326 e. The van der Waals surface area contributed by atoms with Crippen molar-refractivity contribution in [2.75, 3.05) is 11.9 Å². The van der Waals surface area contributed by atoms with Gasteiger partial charge in [0.2, 0.25) is 5.91 Å². The van der Waals surface area contributed by atoms with Crippen molar-refractivity contribution >= 4 is 34.8 Å². The molecule has 0 aliphatic heterocycles. The van der Waals surface area contributed by atoms with E-state index in [1.165, 1.54) is 11.5 Å². The molecule has 1 atom stereocenters. The van der Waals surface area contributed by atoms with Gasteiger partial charge in [0.25, 0.3) is 5.91 Å². The zero-order valence-electron chi connectivity index (χ0n) is 16.2. The number of carbonyl (C=O) groups is 3. The van der Waals surface area contributed by atoms with Crippen molar-refractivity contribution in [3.8, 4) is 0 Å². The van der Waals surface area contributed by atoms with Crippen molar-refractivity contribution in [3.05, 3.63) is 50.1 Å². The van der Waals surface area contributed by atoms with E-state index in [1.54, 1.807) is 12.3 Å². The van der Waals surface area contributed by atoms with Crippen LogP contribution >= 0.6 is 11.3 Å². The fourth-order valence-electron chi connectivity index (χ4n) is 2.52. The minimum atomic E-state index is -1.09. The molecule has 0 aliphatic carbocycles. The van der Waals surface area contributed by atoms with Gasteiger partial charge in [0.1, 0.15) is 6.54 Å². The molecule has 0 radical (unpaired) electrons. The van der Waals surface area contributed by atoms with Crippen LogP contribution in [-0.2, 0) is 25.7 Å². The second-order valence-electron chi connectivity index (χ2n) is 6.39. The van der Waals surface area contributed by atoms with Gasteiger partial charge in [-0.05, 0) is 38.8 Å². The number of nitrogens with zero attached hydrogens (tertiary/aromatic N) is 1. The van der Waals surface area contributed by atoms with Crippen LogP contribution in [0.3, 0.4) is 0 Å². The van der Waals surface area contributed by atoms with Crippen LogP contribution in [0.15, 0.2) is 28.4 Å². The van der Waals surface area contributed by atoms with Crippen LogP contribution in [0, 0.1) is 20.8 Å². The van der Waals surface area contributed by atoms with Gasteiger partial charge in [0.15, 0.2) is 6.10 Å². The van der Waals surface area contributed by atoms with E-state index < -0.39 is 18.0 Å². The summed E-state index contributed by atoms with van der Waals surface area (Å²) < 4.78 is 6.32. The lowest BCUT2D eigenvalue weighted by Crippen LogP contribution is -2.40. The van der Waals surface area contributed by atoms with Gasteiger partial charge < -0.3 is 15.4 Å². The summed E-state index contributed by atoms with van der Waals surface area (Å²) in [5.41, 5.74) is 3.19. The molecule has 1 unspecified atom stereocenters. The minimum Gasteiger partial charge on any atom is -0.451 e. The number of esters is 1. The van der Waals surface area contributed by atoms with Crippen molar-refractivity contribution in [2.24, 2.45) is 0 Å². The van der Waals surface area contributed by atoms with Crippen LogP contribution in [0.2, 0.25) is 0 Å². The molecule has 2 rings (SSSR count). The third-order valence-corrected chi connectivity index (χ3v) is 4.99. The summed E-state index contributed by atoms with van der Waals surface area (Å²) in [6, 6.07) is 5.65. The second kappa shape index (κ2) is 9.32. The molecular weight excluding hydrogens is 382 g/mol. The lowest BCUT2D eigenvalue weighted by Gasteiger charge is -2.15. The number of thiazole rings is 1. The van der Waals surface area contributed by atoms with Crippen LogP contribution in [0.4, 0.5) is 5.69 Å². The van der Waals surface area contributed by atoms with Crippen molar-refractivity contribution in [1.82, 2.24) is 9.88 Å². The number of nitrogens with one attached hydrogen (secondary N) is 2. The number of benzene rings is 1. The van der Waals surface area contributed by atoms with Crippen molar-refractivity contribution in [3.63, 3.8) is 0 Å². The third kappa shape index (κ3) is 5.53. The summed E-state index contributed by atoms with van der Waals surface area (Å²) in [6.45, 7) is 6.35. The average Bonchev–Trinajstić information content (AvgIpc) is 2.94. The number of amides is 2. The molecule has 1 aromatic heterocycles. The second-order valence-corrected chi connectivity index (χ2v) is 7.21. The highest BCUT2D eigenvalue weighted by atomic mass is 32.1. The smallest absolute Gasteiger partial charge is 0.326 e. The number of carbonyl (C=O) groups excluding carboxylic acids is 3. The molecule has 9 heteroatoms. The topological polar surface area (TPSA) is 106 Å². The number of aromatic nitrogens is 1. The van der Waals surface area contributed by atoms with E-state index >= 15 is 0 Å². The molecule has 0 aliphatic rings. The number of hydrogen-bond acceptors (Lipinski definition) is 6. The van der Waals surface area contributed by atoms with E-state index in [-0.39, 0.29) is 23.9 Å². The van der Waals surface area contributed by atoms with Crippen molar-refractivity contribution in [1.29, 1.82) is 0 Å². The highest BCUT2D eigenvalue weighted by molar-refractivity contribution is 7.07. The van der Waals surface area contributed by atoms with E-state index in [4.69, 9.17) is 4.74 Å². The Balaban J connectivity index is 1.82. The van der Waals surface area contributed by atoms with Gasteiger partial charge >= 0.3 is 10.8 Å². The van der Waals surface area contributed by atoms with Gasteiger partial charge in [-0.15, -0.1) is 0 Å². The van der Waals surface area contributed by atoms with Gasteiger partial charge in [-0.3, -0.25) is 23.7 Å². The van der Waals surface area contributed by atoms with Gasteiger partial charge in [-0.1, -0.05) is 29.5 Å². The fraction of sp³-hybridized carbons (Fsp3) is 0.368. The molecule has 1 aromatic carbocycles. The zero-order chi connectivity index (χ0) is 20.8. The highest BCUT2D eigenvalue weighted by Crippen LogP contribution is 2.18. The molecule has 2 amide bonds. The van der Waals surface area contributed by atoms with Crippen molar-refractivity contribution < 1.29 is 19.1 Å². The SMILES string of the molecule is Cc1cccc(C)c1NC(=O)CNC(=O)C(C)OC(=O)Cn1c(C)csc1=O. The molecule has 0 bridgehead atoms. The van der Waals surface area contributed by atoms with Crippen LogP contribution in [0.25, 0.3) is 0 Å². The molecule has 150 valence electrons. The first kappa shape index (κ1) is 21.4. The van der Waals surface area contributed by atoms with E-state index in [0.29, 0.717) is 11.4 Å². The van der Waals surface area contributed by atoms with E-state index in [1.807, 2.05) is 32.0 Å². The summed E-state index contributed by atoms with van der Waals surface area (Å²) in [7, 11) is 0. The summed E-state index contributed by atoms with van der Waals surface area (Å²) in [5.74, 6) is -1.68. The largest absolute Gasteiger partial charge is 0.451 e. The summed E-state index contributed by atoms with van der Waals surface area (Å²) in [6.07, 6.45) is -1.09. The Labute approximate surface area is 166 Å². The number of rotatable bonds is 7. The molecular formula is C19H23N3O5S. The standard InChI is InChI=1S/C19H23N3O5S/c1-11-6-5-7-12(2)17(11)21-15(23)8-20-18(25)14(4)27-16(24)9-22-13(3)10-28-19(22)26/h5-7,10,14H,8-9H2,1-4H3,(H,20,25)(H,21,23). The Hall–Kier alpha value is -2.94. The van der Waals surface area contributed by atoms with Gasteiger partial charge in [0, 0.05) is 16.8 Å². The first-order valence-electron chi connectivity index (χ1n) is 8.67. The predicted molar refractivity (Wildman–Crippen MR) is 106 cm³/mol. The normalized spacial score (nSPS) is 11.6. The molecule has 0 saturated carbocycles. The quantitative estimate of drug-likeness (QED) is 0.680. The van der Waals surface area contributed by atoms with E-state index in [2.05, 4.69) is 10.6 Å². The molecule has 28 heavy (non-hydrogen) atoms. The van der Waals surface area contributed by atoms with E-state index in [9.17, 15) is 19.2 Å². The average molecular weight is 405 g/mol. The molecule has 0 spiro atoms. The molecule has 8 nitrogen and oxygen atoms in total. The number of hydrogen-bond donors (Lipinski definition) is 2. The van der Waals surface area contributed by atoms with Crippen molar-refractivity contribution in [2.45, 2.75) is 40.3 Å². The zero-order valence-corrected chi connectivity index (χ0v) is 17.0. The molecule has 2 aromatic rings. The molecule has 1 heterocycles. The van der Waals surface area contributed by atoms with Gasteiger partial charge in [-0.2, -0.15) is 0 Å². The number of para-hydroxylation sites is 1. The first-order valence-corrected chi connectivity index (χ1v) is 9.55.